The van der Waals surface area contributed by atoms with Crippen molar-refractivity contribution < 1.29 is 5.11 Å². The Kier molecular flexibility index (Phi) is 5.64. The van der Waals surface area contributed by atoms with E-state index in [0.29, 0.717) is 11.6 Å². The average Bonchev–Trinajstić information content (AvgIpc) is 2.41. The van der Waals surface area contributed by atoms with E-state index in [1.165, 1.54) is 0 Å². The Labute approximate surface area is 140 Å². The van der Waals surface area contributed by atoms with Crippen LogP contribution in [0.2, 0.25) is 5.02 Å². The second-order valence-corrected chi connectivity index (χ2v) is 6.71. The van der Waals surface area contributed by atoms with Crippen LogP contribution in [-0.4, -0.2) is 11.7 Å². The van der Waals surface area contributed by atoms with Crippen molar-refractivity contribution in [2.75, 3.05) is 6.54 Å². The van der Waals surface area contributed by atoms with Crippen LogP contribution in [0.25, 0.3) is 0 Å². The Morgan fingerprint density at radius 2 is 1.75 bits per heavy atom. The minimum Gasteiger partial charge on any atom is -0.388 e. The Hall–Kier alpha value is -0.390. The highest BCUT2D eigenvalue weighted by Gasteiger charge is 2.23. The van der Waals surface area contributed by atoms with Gasteiger partial charge >= 0.3 is 0 Å². The van der Waals surface area contributed by atoms with E-state index in [1.54, 1.807) is 12.1 Å². The summed E-state index contributed by atoms with van der Waals surface area (Å²) in [5.74, 6) is -0.166. The van der Waals surface area contributed by atoms with Gasteiger partial charge in [0.15, 0.2) is 0 Å². The third-order valence-corrected chi connectivity index (χ3v) is 4.66. The molecule has 0 amide bonds. The summed E-state index contributed by atoms with van der Waals surface area (Å²) in [6, 6.07) is 13.2. The fourth-order valence-electron chi connectivity index (χ4n) is 2.12. The van der Waals surface area contributed by atoms with Crippen molar-refractivity contribution in [1.29, 1.82) is 0 Å². The molecule has 2 atom stereocenters. The molecule has 0 spiro atoms. The van der Waals surface area contributed by atoms with Crippen molar-refractivity contribution in [3.8, 4) is 0 Å². The maximum Gasteiger partial charge on any atom is 0.0881 e. The summed E-state index contributed by atoms with van der Waals surface area (Å²) in [5, 5.41) is 11.2. The van der Waals surface area contributed by atoms with Gasteiger partial charge in [-0.1, -0.05) is 61.7 Å². The molecule has 0 fully saturated rings. The Morgan fingerprint density at radius 1 is 1.10 bits per heavy atom. The van der Waals surface area contributed by atoms with Crippen LogP contribution in [0, 0.1) is 0 Å². The zero-order valence-corrected chi connectivity index (χ0v) is 14.5. The standard InChI is InChI=1S/C15H14Br2ClNO/c16-10-3-1-9(2-4-10)13(8-19)15(20)12-6-5-11(18)7-14(12)17/h1-7,13,15,20H,8,19H2. The molecular formula is C15H14Br2ClNO. The third kappa shape index (κ3) is 3.62. The van der Waals surface area contributed by atoms with Gasteiger partial charge in [0.05, 0.1) is 6.10 Å². The summed E-state index contributed by atoms with van der Waals surface area (Å²) in [7, 11) is 0. The lowest BCUT2D eigenvalue weighted by Gasteiger charge is -2.23. The number of halogens is 3. The number of rotatable bonds is 4. The molecule has 2 nitrogen and oxygen atoms in total. The van der Waals surface area contributed by atoms with Crippen molar-refractivity contribution in [1.82, 2.24) is 0 Å². The van der Waals surface area contributed by atoms with E-state index in [0.717, 1.165) is 20.1 Å². The van der Waals surface area contributed by atoms with Gasteiger partial charge < -0.3 is 10.8 Å². The van der Waals surface area contributed by atoms with Crippen LogP contribution in [0.3, 0.4) is 0 Å². The Balaban J connectivity index is 2.33. The topological polar surface area (TPSA) is 46.2 Å². The van der Waals surface area contributed by atoms with Gasteiger partial charge in [0.25, 0.3) is 0 Å². The number of hydrogen-bond acceptors (Lipinski definition) is 2. The van der Waals surface area contributed by atoms with Crippen molar-refractivity contribution in [2.24, 2.45) is 5.73 Å². The molecule has 0 aliphatic carbocycles. The number of benzene rings is 2. The SMILES string of the molecule is NCC(c1ccc(Br)cc1)C(O)c1ccc(Cl)cc1Br. The van der Waals surface area contributed by atoms with Gasteiger partial charge in [-0.15, -0.1) is 0 Å². The average molecular weight is 420 g/mol. The molecule has 0 heterocycles. The molecule has 0 saturated heterocycles. The first-order valence-corrected chi connectivity index (χ1v) is 8.08. The molecule has 0 bridgehead atoms. The quantitative estimate of drug-likeness (QED) is 0.758. The zero-order chi connectivity index (χ0) is 14.7. The predicted octanol–water partition coefficient (Wildman–Crippen LogP) is 4.64. The van der Waals surface area contributed by atoms with Crippen LogP contribution in [0.1, 0.15) is 23.1 Å². The Morgan fingerprint density at radius 3 is 2.30 bits per heavy atom. The minimum absolute atomic E-state index is 0.166. The molecule has 2 aromatic rings. The van der Waals surface area contributed by atoms with E-state index in [9.17, 15) is 5.11 Å². The van der Waals surface area contributed by atoms with Gasteiger partial charge in [-0.25, -0.2) is 0 Å². The monoisotopic (exact) mass is 417 g/mol. The maximum atomic E-state index is 10.6. The van der Waals surface area contributed by atoms with Crippen molar-refractivity contribution in [3.05, 3.63) is 67.6 Å². The molecule has 3 N–H and O–H groups in total. The number of hydrogen-bond donors (Lipinski definition) is 2. The van der Waals surface area contributed by atoms with Gasteiger partial charge in [-0.3, -0.25) is 0 Å². The van der Waals surface area contributed by atoms with Gasteiger partial charge in [-0.2, -0.15) is 0 Å². The molecule has 2 unspecified atom stereocenters. The van der Waals surface area contributed by atoms with Gasteiger partial charge in [0.1, 0.15) is 0 Å². The van der Waals surface area contributed by atoms with Crippen LogP contribution in [0.5, 0.6) is 0 Å². The zero-order valence-electron chi connectivity index (χ0n) is 10.6. The highest BCUT2D eigenvalue weighted by molar-refractivity contribution is 9.10. The molecule has 2 aromatic carbocycles. The molecule has 2 rings (SSSR count). The van der Waals surface area contributed by atoms with Crippen molar-refractivity contribution in [2.45, 2.75) is 12.0 Å². The second-order valence-electron chi connectivity index (χ2n) is 4.50. The summed E-state index contributed by atoms with van der Waals surface area (Å²) < 4.78 is 1.78. The first-order chi connectivity index (χ1) is 9.52. The van der Waals surface area contributed by atoms with Gasteiger partial charge in [0.2, 0.25) is 0 Å². The summed E-state index contributed by atoms with van der Waals surface area (Å²) in [6.45, 7) is 0.359. The van der Waals surface area contributed by atoms with Gasteiger partial charge in [0, 0.05) is 26.4 Å². The summed E-state index contributed by atoms with van der Waals surface area (Å²) in [4.78, 5) is 0. The second kappa shape index (κ2) is 7.05. The molecule has 0 aliphatic rings. The summed E-state index contributed by atoms with van der Waals surface area (Å²) in [6.07, 6.45) is -0.687. The van der Waals surface area contributed by atoms with Crippen LogP contribution in [0.4, 0.5) is 0 Å². The number of nitrogens with two attached hydrogens (primary N) is 1. The van der Waals surface area contributed by atoms with Crippen LogP contribution in [0.15, 0.2) is 51.4 Å². The third-order valence-electron chi connectivity index (χ3n) is 3.21. The van der Waals surface area contributed by atoms with E-state index in [4.69, 9.17) is 17.3 Å². The highest BCUT2D eigenvalue weighted by atomic mass is 79.9. The van der Waals surface area contributed by atoms with E-state index in [1.807, 2.05) is 30.3 Å². The number of aliphatic hydroxyl groups excluding tert-OH is 1. The maximum absolute atomic E-state index is 10.6. The molecule has 0 aliphatic heterocycles. The van der Waals surface area contributed by atoms with Crippen LogP contribution < -0.4 is 5.73 Å². The first kappa shape index (κ1) is 16.0. The van der Waals surface area contributed by atoms with Crippen molar-refractivity contribution >= 4 is 43.5 Å². The lowest BCUT2D eigenvalue weighted by atomic mass is 9.89. The normalized spacial score (nSPS) is 14.1. The molecule has 0 saturated carbocycles. The van der Waals surface area contributed by atoms with E-state index in [-0.39, 0.29) is 5.92 Å². The van der Waals surface area contributed by atoms with E-state index < -0.39 is 6.10 Å². The first-order valence-electron chi connectivity index (χ1n) is 6.11. The largest absolute Gasteiger partial charge is 0.388 e. The molecule has 5 heteroatoms. The highest BCUT2D eigenvalue weighted by Crippen LogP contribution is 2.35. The fraction of sp³-hybridized carbons (Fsp3) is 0.200. The van der Waals surface area contributed by atoms with Crippen LogP contribution >= 0.6 is 43.5 Å². The lowest BCUT2D eigenvalue weighted by molar-refractivity contribution is 0.146. The molecular weight excluding hydrogens is 405 g/mol. The molecule has 106 valence electrons. The predicted molar refractivity (Wildman–Crippen MR) is 90.0 cm³/mol. The Bertz CT molecular complexity index is 589. The molecule has 0 radical (unpaired) electrons. The van der Waals surface area contributed by atoms with Gasteiger partial charge in [-0.05, 0) is 35.4 Å². The van der Waals surface area contributed by atoms with Crippen LogP contribution in [-0.2, 0) is 0 Å². The number of aliphatic hydroxyl groups is 1. The summed E-state index contributed by atoms with van der Waals surface area (Å²) in [5.41, 5.74) is 7.64. The fourth-order valence-corrected chi connectivity index (χ4v) is 3.30. The van der Waals surface area contributed by atoms with Crippen molar-refractivity contribution in [3.63, 3.8) is 0 Å². The van der Waals surface area contributed by atoms with E-state index in [2.05, 4.69) is 31.9 Å². The molecule has 0 aromatic heterocycles. The minimum atomic E-state index is -0.687. The smallest absolute Gasteiger partial charge is 0.0881 e. The van der Waals surface area contributed by atoms with E-state index >= 15 is 0 Å². The lowest BCUT2D eigenvalue weighted by Crippen LogP contribution is -2.20. The summed E-state index contributed by atoms with van der Waals surface area (Å²) >= 11 is 12.8. The molecule has 20 heavy (non-hydrogen) atoms.